The predicted molar refractivity (Wildman–Crippen MR) is 417 cm³/mol. The van der Waals surface area contributed by atoms with Crippen molar-refractivity contribution < 1.29 is 24.5 Å². The van der Waals surface area contributed by atoms with Gasteiger partial charge < -0.3 is 20.3 Å². The number of carbonyl (C=O) groups is 2. The number of ether oxygens (including phenoxy) is 1. The van der Waals surface area contributed by atoms with Crippen LogP contribution >= 0.6 is 0 Å². The van der Waals surface area contributed by atoms with E-state index in [1.54, 1.807) is 6.08 Å². The van der Waals surface area contributed by atoms with Gasteiger partial charge in [0.05, 0.1) is 25.4 Å². The Morgan fingerprint density at radius 2 is 0.489 bits per heavy atom. The van der Waals surface area contributed by atoms with Gasteiger partial charge in [0.2, 0.25) is 5.91 Å². The maximum absolute atomic E-state index is 12.6. The molecule has 560 valence electrons. The van der Waals surface area contributed by atoms with Crippen LogP contribution in [-0.4, -0.2) is 47.4 Å². The Morgan fingerprint density at radius 1 is 0.287 bits per heavy atom. The molecule has 0 aromatic rings. The molecule has 0 spiro atoms. The number of hydrogen-bond donors (Lipinski definition) is 3. The number of amides is 1. The standard InChI is InChI=1S/C88H173NO5/c1-3-5-7-9-11-13-15-17-19-21-23-24-25-39-42-45-48-52-56-60-64-68-72-76-80-86(91)85(84-90)89-87(92)81-77-73-69-65-61-57-53-49-46-43-40-37-35-33-31-29-27-26-28-30-32-34-36-38-41-44-47-51-55-59-63-67-71-75-79-83-94-88(93)82-78-74-70-66-62-58-54-50-22-20-18-16-14-12-10-8-6-4-2/h76,80,85-86,90-91H,3-75,77-79,81-84H2,1-2H3,(H,89,92)/b80-76+. The van der Waals surface area contributed by atoms with Crippen LogP contribution in [-0.2, 0) is 14.3 Å². The van der Waals surface area contributed by atoms with Crippen LogP contribution < -0.4 is 5.32 Å². The zero-order chi connectivity index (χ0) is 67.7. The molecular formula is C88H173NO5. The Morgan fingerprint density at radius 3 is 0.723 bits per heavy atom. The van der Waals surface area contributed by atoms with Crippen molar-refractivity contribution in [2.24, 2.45) is 0 Å². The van der Waals surface area contributed by atoms with Gasteiger partial charge in [0.15, 0.2) is 0 Å². The molecular weight excluding hydrogens is 1150 g/mol. The van der Waals surface area contributed by atoms with Crippen LogP contribution in [0.4, 0.5) is 0 Å². The third kappa shape index (κ3) is 79.6. The minimum Gasteiger partial charge on any atom is -0.466 e. The lowest BCUT2D eigenvalue weighted by atomic mass is 10.0. The van der Waals surface area contributed by atoms with Crippen molar-refractivity contribution >= 4 is 11.9 Å². The molecule has 2 unspecified atom stereocenters. The van der Waals surface area contributed by atoms with Crippen LogP contribution in [0.2, 0.25) is 0 Å². The second-order valence-corrected chi connectivity index (χ2v) is 30.6. The fourth-order valence-corrected chi connectivity index (χ4v) is 14.4. The molecule has 0 saturated heterocycles. The first-order chi connectivity index (χ1) is 46.5. The van der Waals surface area contributed by atoms with E-state index in [2.05, 4.69) is 19.2 Å². The van der Waals surface area contributed by atoms with Gasteiger partial charge in [-0.25, -0.2) is 0 Å². The van der Waals surface area contributed by atoms with Crippen molar-refractivity contribution in [1.29, 1.82) is 0 Å². The minimum absolute atomic E-state index is 0.0283. The topological polar surface area (TPSA) is 95.9 Å². The zero-order valence-corrected chi connectivity index (χ0v) is 64.5. The molecule has 0 fully saturated rings. The molecule has 0 saturated carbocycles. The molecule has 0 aliphatic carbocycles. The van der Waals surface area contributed by atoms with E-state index in [0.717, 1.165) is 38.5 Å². The maximum Gasteiger partial charge on any atom is 0.305 e. The fourth-order valence-electron chi connectivity index (χ4n) is 14.4. The van der Waals surface area contributed by atoms with Crippen LogP contribution in [0.1, 0.15) is 515 Å². The van der Waals surface area contributed by atoms with E-state index in [9.17, 15) is 19.8 Å². The minimum atomic E-state index is -0.842. The predicted octanol–water partition coefficient (Wildman–Crippen LogP) is 29.4. The lowest BCUT2D eigenvalue weighted by Crippen LogP contribution is -2.45. The van der Waals surface area contributed by atoms with Crippen molar-refractivity contribution in [3.05, 3.63) is 12.2 Å². The first-order valence-corrected chi connectivity index (χ1v) is 44.0. The highest BCUT2D eigenvalue weighted by Crippen LogP contribution is 2.21. The van der Waals surface area contributed by atoms with Crippen LogP contribution in [0.25, 0.3) is 0 Å². The third-order valence-corrected chi connectivity index (χ3v) is 21.1. The molecule has 0 aromatic carbocycles. The molecule has 1 amide bonds. The summed E-state index contributed by atoms with van der Waals surface area (Å²) in [6.07, 6.45) is 108. The Kier molecular flexibility index (Phi) is 82.8. The number of carbonyl (C=O) groups excluding carboxylic acids is 2. The van der Waals surface area contributed by atoms with Gasteiger partial charge in [0.1, 0.15) is 0 Å². The molecule has 0 heterocycles. The van der Waals surface area contributed by atoms with Gasteiger partial charge in [-0.2, -0.15) is 0 Å². The first-order valence-electron chi connectivity index (χ1n) is 44.0. The quantitative estimate of drug-likeness (QED) is 0.0320. The smallest absolute Gasteiger partial charge is 0.305 e. The summed E-state index contributed by atoms with van der Waals surface area (Å²) in [7, 11) is 0. The van der Waals surface area contributed by atoms with Crippen LogP contribution in [0.3, 0.4) is 0 Å². The second kappa shape index (κ2) is 84.0. The van der Waals surface area contributed by atoms with Gasteiger partial charge in [-0.05, 0) is 32.1 Å². The van der Waals surface area contributed by atoms with Gasteiger partial charge in [-0.1, -0.05) is 482 Å². The Labute approximate surface area is 590 Å². The van der Waals surface area contributed by atoms with Gasteiger partial charge in [0.25, 0.3) is 0 Å². The van der Waals surface area contributed by atoms with E-state index in [-0.39, 0.29) is 18.5 Å². The normalized spacial score (nSPS) is 12.4. The SMILES string of the molecule is CCCCCCCCCCCCCCCCCCCCCCCC/C=C/C(O)C(CO)NC(=O)CCCCCCCCCCCCCCCCCCCCCCCCCCCCCCCCCCCCCOC(=O)CCCCCCCCCCCCCCCCCCCC. The van der Waals surface area contributed by atoms with Crippen LogP contribution in [0, 0.1) is 0 Å². The van der Waals surface area contributed by atoms with E-state index < -0.39 is 12.1 Å². The molecule has 2 atom stereocenters. The van der Waals surface area contributed by atoms with Gasteiger partial charge in [-0.3, -0.25) is 9.59 Å². The molecule has 0 radical (unpaired) electrons. The van der Waals surface area contributed by atoms with Crippen molar-refractivity contribution in [1.82, 2.24) is 5.32 Å². The molecule has 0 rings (SSSR count). The summed E-state index contributed by atoms with van der Waals surface area (Å²) in [5, 5.41) is 23.3. The average molecular weight is 1330 g/mol. The fraction of sp³-hybridized carbons (Fsp3) is 0.955. The molecule has 0 bridgehead atoms. The maximum atomic E-state index is 12.6. The van der Waals surface area contributed by atoms with E-state index in [1.165, 1.54) is 449 Å². The van der Waals surface area contributed by atoms with E-state index in [1.807, 2.05) is 6.08 Å². The van der Waals surface area contributed by atoms with Crippen LogP contribution in [0.5, 0.6) is 0 Å². The number of rotatable bonds is 84. The lowest BCUT2D eigenvalue weighted by molar-refractivity contribution is -0.143. The highest BCUT2D eigenvalue weighted by molar-refractivity contribution is 5.76. The number of hydrogen-bond acceptors (Lipinski definition) is 5. The van der Waals surface area contributed by atoms with E-state index >= 15 is 0 Å². The van der Waals surface area contributed by atoms with E-state index in [0.29, 0.717) is 19.4 Å². The number of aliphatic hydroxyl groups is 2. The number of allylic oxidation sites excluding steroid dienone is 1. The number of esters is 1. The van der Waals surface area contributed by atoms with Crippen LogP contribution in [0.15, 0.2) is 12.2 Å². The lowest BCUT2D eigenvalue weighted by Gasteiger charge is -2.20. The van der Waals surface area contributed by atoms with Crippen molar-refractivity contribution in [2.45, 2.75) is 527 Å². The summed E-state index contributed by atoms with van der Waals surface area (Å²) in [6.45, 7) is 4.98. The van der Waals surface area contributed by atoms with Crippen molar-refractivity contribution in [3.63, 3.8) is 0 Å². The Bertz CT molecular complexity index is 1430. The molecule has 6 heteroatoms. The second-order valence-electron chi connectivity index (χ2n) is 30.6. The van der Waals surface area contributed by atoms with Gasteiger partial charge in [0, 0.05) is 12.8 Å². The zero-order valence-electron chi connectivity index (χ0n) is 64.5. The van der Waals surface area contributed by atoms with Crippen molar-refractivity contribution in [2.75, 3.05) is 13.2 Å². The average Bonchev–Trinajstić information content (AvgIpc) is 3.63. The molecule has 3 N–H and O–H groups in total. The summed E-state index contributed by atoms with van der Waals surface area (Å²) in [5.41, 5.74) is 0. The van der Waals surface area contributed by atoms with Gasteiger partial charge in [-0.15, -0.1) is 0 Å². The summed E-state index contributed by atoms with van der Waals surface area (Å²) >= 11 is 0. The third-order valence-electron chi connectivity index (χ3n) is 21.1. The molecule has 0 aliphatic heterocycles. The Hall–Kier alpha value is -1.40. The summed E-state index contributed by atoms with van der Waals surface area (Å²) in [6, 6.07) is -0.625. The van der Waals surface area contributed by atoms with E-state index in [4.69, 9.17) is 4.74 Å². The van der Waals surface area contributed by atoms with Gasteiger partial charge >= 0.3 is 5.97 Å². The number of nitrogens with one attached hydrogen (secondary N) is 1. The summed E-state index contributed by atoms with van der Waals surface area (Å²) < 4.78 is 5.53. The number of unbranched alkanes of at least 4 members (excludes halogenated alkanes) is 73. The summed E-state index contributed by atoms with van der Waals surface area (Å²) in [4.78, 5) is 24.7. The molecule has 6 nitrogen and oxygen atoms in total. The molecule has 0 aromatic heterocycles. The number of aliphatic hydroxyl groups excluding tert-OH is 2. The molecule has 94 heavy (non-hydrogen) atoms. The molecule has 0 aliphatic rings. The highest BCUT2D eigenvalue weighted by Gasteiger charge is 2.18. The van der Waals surface area contributed by atoms with Crippen molar-refractivity contribution in [3.8, 4) is 0 Å². The highest BCUT2D eigenvalue weighted by atomic mass is 16.5. The summed E-state index contributed by atoms with van der Waals surface area (Å²) in [5.74, 6) is -0.0281. The monoisotopic (exact) mass is 1320 g/mol. The largest absolute Gasteiger partial charge is 0.466 e. The Balaban J connectivity index is 3.32. The first kappa shape index (κ1) is 92.6.